The number of methoxy groups -OCH3 is 2. The van der Waals surface area contributed by atoms with Crippen LogP contribution in [0, 0.1) is 0 Å². The maximum absolute atomic E-state index is 12.2. The normalized spacial score (nSPS) is 11.8. The van der Waals surface area contributed by atoms with Crippen molar-refractivity contribution in [3.8, 4) is 11.5 Å². The molecule has 0 aliphatic carbocycles. The molecular weight excluding hydrogens is 274 g/mol. The van der Waals surface area contributed by atoms with Crippen molar-refractivity contribution in [3.05, 3.63) is 18.2 Å². The maximum Gasteiger partial charge on any atom is 0.235 e. The third-order valence-corrected chi connectivity index (χ3v) is 4.17. The first-order valence-electron chi connectivity index (χ1n) is 6.74. The van der Waals surface area contributed by atoms with Crippen molar-refractivity contribution in [2.75, 3.05) is 27.3 Å². The molecule has 0 fully saturated rings. The summed E-state index contributed by atoms with van der Waals surface area (Å²) in [4.78, 5) is 15.1. The summed E-state index contributed by atoms with van der Waals surface area (Å²) in [5.74, 6) is 1.54. The zero-order valence-electron chi connectivity index (χ0n) is 12.8. The highest BCUT2D eigenvalue weighted by atomic mass is 32.2. The largest absolute Gasteiger partial charge is 0.493 e. The third-order valence-electron chi connectivity index (χ3n) is 3.09. The number of thioether (sulfide) groups is 1. The molecule has 1 atom stereocenters. The van der Waals surface area contributed by atoms with E-state index < -0.39 is 0 Å². The molecule has 0 bridgehead atoms. The molecule has 112 valence electrons. The number of rotatable bonds is 7. The van der Waals surface area contributed by atoms with Crippen LogP contribution in [0.1, 0.15) is 20.8 Å². The third kappa shape index (κ3) is 4.07. The van der Waals surface area contributed by atoms with E-state index >= 15 is 0 Å². The highest BCUT2D eigenvalue weighted by Crippen LogP contribution is 2.33. The summed E-state index contributed by atoms with van der Waals surface area (Å²) in [5, 5.41) is -0.118. The summed E-state index contributed by atoms with van der Waals surface area (Å²) in [5.41, 5.74) is 0. The second kappa shape index (κ2) is 8.04. The SMILES string of the molecule is CCN(CC)C(=O)[C@H](C)Sc1ccc(OC)c(OC)c1. The predicted octanol–water partition coefficient (Wildman–Crippen LogP) is 3.05. The molecular formula is C15H23NO3S. The predicted molar refractivity (Wildman–Crippen MR) is 82.8 cm³/mol. The lowest BCUT2D eigenvalue weighted by molar-refractivity contribution is -0.129. The van der Waals surface area contributed by atoms with E-state index in [1.165, 1.54) is 11.8 Å². The van der Waals surface area contributed by atoms with Crippen molar-refractivity contribution in [2.24, 2.45) is 0 Å². The minimum atomic E-state index is -0.118. The van der Waals surface area contributed by atoms with Gasteiger partial charge in [-0.1, -0.05) is 0 Å². The minimum Gasteiger partial charge on any atom is -0.493 e. The summed E-state index contributed by atoms with van der Waals surface area (Å²) in [6.45, 7) is 7.41. The van der Waals surface area contributed by atoms with E-state index in [4.69, 9.17) is 9.47 Å². The van der Waals surface area contributed by atoms with E-state index in [-0.39, 0.29) is 11.2 Å². The zero-order chi connectivity index (χ0) is 15.1. The fourth-order valence-corrected chi connectivity index (χ4v) is 2.92. The van der Waals surface area contributed by atoms with Crippen molar-refractivity contribution in [1.82, 2.24) is 4.90 Å². The molecule has 0 radical (unpaired) electrons. The van der Waals surface area contributed by atoms with E-state index in [1.807, 2.05) is 43.9 Å². The van der Waals surface area contributed by atoms with Crippen LogP contribution in [0.25, 0.3) is 0 Å². The lowest BCUT2D eigenvalue weighted by Gasteiger charge is -2.22. The van der Waals surface area contributed by atoms with Gasteiger partial charge in [-0.15, -0.1) is 11.8 Å². The van der Waals surface area contributed by atoms with Gasteiger partial charge in [0.25, 0.3) is 0 Å². The minimum absolute atomic E-state index is 0.118. The number of hydrogen-bond donors (Lipinski definition) is 0. The Balaban J connectivity index is 2.80. The van der Waals surface area contributed by atoms with Crippen LogP contribution in [0.3, 0.4) is 0 Å². The molecule has 0 unspecified atom stereocenters. The lowest BCUT2D eigenvalue weighted by atomic mass is 10.3. The zero-order valence-corrected chi connectivity index (χ0v) is 13.6. The molecule has 1 amide bonds. The second-order valence-electron chi connectivity index (χ2n) is 4.29. The summed E-state index contributed by atoms with van der Waals surface area (Å²) in [6.07, 6.45) is 0. The van der Waals surface area contributed by atoms with Crippen LogP contribution in [-0.4, -0.2) is 43.4 Å². The molecule has 0 aromatic heterocycles. The number of carbonyl (C=O) groups excluding carboxylic acids is 1. The van der Waals surface area contributed by atoms with Crippen molar-refractivity contribution in [1.29, 1.82) is 0 Å². The molecule has 0 aliphatic heterocycles. The Labute approximate surface area is 125 Å². The number of nitrogens with zero attached hydrogens (tertiary/aromatic N) is 1. The molecule has 0 saturated heterocycles. The smallest absolute Gasteiger partial charge is 0.235 e. The first-order valence-corrected chi connectivity index (χ1v) is 7.62. The van der Waals surface area contributed by atoms with Crippen LogP contribution in [0.5, 0.6) is 11.5 Å². The number of amides is 1. The van der Waals surface area contributed by atoms with Gasteiger partial charge in [-0.3, -0.25) is 4.79 Å². The van der Waals surface area contributed by atoms with Crippen molar-refractivity contribution in [3.63, 3.8) is 0 Å². The first kappa shape index (κ1) is 16.7. The van der Waals surface area contributed by atoms with Gasteiger partial charge in [0, 0.05) is 18.0 Å². The molecule has 0 N–H and O–H groups in total. The fraction of sp³-hybridized carbons (Fsp3) is 0.533. The molecule has 0 aliphatic rings. The van der Waals surface area contributed by atoms with E-state index in [9.17, 15) is 4.79 Å². The average molecular weight is 297 g/mol. The summed E-state index contributed by atoms with van der Waals surface area (Å²) in [6, 6.07) is 5.70. The monoisotopic (exact) mass is 297 g/mol. The standard InChI is InChI=1S/C15H23NO3S/c1-6-16(7-2)15(17)11(3)20-12-8-9-13(18-4)14(10-12)19-5/h8-11H,6-7H2,1-5H3/t11-/m0/s1. The molecule has 0 spiro atoms. The maximum atomic E-state index is 12.2. The van der Waals surface area contributed by atoms with Crippen LogP contribution in [0.2, 0.25) is 0 Å². The highest BCUT2D eigenvalue weighted by molar-refractivity contribution is 8.00. The van der Waals surface area contributed by atoms with Crippen LogP contribution < -0.4 is 9.47 Å². The number of carbonyl (C=O) groups is 1. The Kier molecular flexibility index (Phi) is 6.71. The lowest BCUT2D eigenvalue weighted by Crippen LogP contribution is -2.36. The molecule has 20 heavy (non-hydrogen) atoms. The molecule has 0 saturated carbocycles. The van der Waals surface area contributed by atoms with E-state index in [0.717, 1.165) is 18.0 Å². The fourth-order valence-electron chi connectivity index (χ4n) is 1.94. The Hall–Kier alpha value is -1.36. The van der Waals surface area contributed by atoms with Crippen LogP contribution in [0.4, 0.5) is 0 Å². The van der Waals surface area contributed by atoms with Gasteiger partial charge in [0.15, 0.2) is 11.5 Å². The summed E-state index contributed by atoms with van der Waals surface area (Å²) in [7, 11) is 3.22. The quantitative estimate of drug-likeness (QED) is 0.725. The Morgan fingerprint density at radius 2 is 1.80 bits per heavy atom. The van der Waals surface area contributed by atoms with Gasteiger partial charge < -0.3 is 14.4 Å². The first-order chi connectivity index (χ1) is 9.57. The van der Waals surface area contributed by atoms with E-state index in [0.29, 0.717) is 11.5 Å². The van der Waals surface area contributed by atoms with Crippen molar-refractivity contribution in [2.45, 2.75) is 30.9 Å². The van der Waals surface area contributed by atoms with Gasteiger partial charge in [0.1, 0.15) is 0 Å². The van der Waals surface area contributed by atoms with Gasteiger partial charge in [-0.25, -0.2) is 0 Å². The van der Waals surface area contributed by atoms with Gasteiger partial charge in [-0.2, -0.15) is 0 Å². The molecule has 1 rings (SSSR count). The molecule has 0 heterocycles. The van der Waals surface area contributed by atoms with Gasteiger partial charge in [0.05, 0.1) is 19.5 Å². The number of ether oxygens (including phenoxy) is 2. The number of benzene rings is 1. The van der Waals surface area contributed by atoms with Gasteiger partial charge >= 0.3 is 0 Å². The van der Waals surface area contributed by atoms with Gasteiger partial charge in [-0.05, 0) is 39.0 Å². The number of hydrogen-bond acceptors (Lipinski definition) is 4. The van der Waals surface area contributed by atoms with Crippen LogP contribution in [0.15, 0.2) is 23.1 Å². The summed E-state index contributed by atoms with van der Waals surface area (Å²) < 4.78 is 10.5. The van der Waals surface area contributed by atoms with Gasteiger partial charge in [0.2, 0.25) is 5.91 Å². The molecule has 5 heteroatoms. The summed E-state index contributed by atoms with van der Waals surface area (Å²) >= 11 is 1.53. The van der Waals surface area contributed by atoms with E-state index in [1.54, 1.807) is 14.2 Å². The average Bonchev–Trinajstić information content (AvgIpc) is 2.48. The highest BCUT2D eigenvalue weighted by Gasteiger charge is 2.19. The molecule has 1 aromatic rings. The van der Waals surface area contributed by atoms with Crippen LogP contribution >= 0.6 is 11.8 Å². The second-order valence-corrected chi connectivity index (χ2v) is 5.70. The Morgan fingerprint density at radius 3 is 2.30 bits per heavy atom. The van der Waals surface area contributed by atoms with Crippen LogP contribution in [-0.2, 0) is 4.79 Å². The Bertz CT molecular complexity index is 447. The Morgan fingerprint density at radius 1 is 1.20 bits per heavy atom. The van der Waals surface area contributed by atoms with Crippen molar-refractivity contribution < 1.29 is 14.3 Å². The molecule has 1 aromatic carbocycles. The van der Waals surface area contributed by atoms with E-state index in [2.05, 4.69) is 0 Å². The van der Waals surface area contributed by atoms with Crippen molar-refractivity contribution >= 4 is 17.7 Å². The topological polar surface area (TPSA) is 38.8 Å². The molecule has 4 nitrogen and oxygen atoms in total.